The number of anilines is 1. The summed E-state index contributed by atoms with van der Waals surface area (Å²) in [4.78, 5) is 0.0712. The number of nitrogens with zero attached hydrogens (tertiary/aromatic N) is 2. The lowest BCUT2D eigenvalue weighted by Crippen LogP contribution is -2.35. The molecule has 6 nitrogen and oxygen atoms in total. The van der Waals surface area contributed by atoms with Crippen LogP contribution >= 0.6 is 0 Å². The van der Waals surface area contributed by atoms with Crippen molar-refractivity contribution in [1.82, 2.24) is 14.5 Å². The number of hydrogen-bond donors (Lipinski definition) is 2. The Balaban J connectivity index is 2.28. The number of H-pyrrole nitrogens is 1. The van der Waals surface area contributed by atoms with Gasteiger partial charge in [0.05, 0.1) is 6.20 Å². The van der Waals surface area contributed by atoms with Crippen LogP contribution in [-0.4, -0.2) is 36.0 Å². The van der Waals surface area contributed by atoms with Gasteiger partial charge in [0.15, 0.2) is 0 Å². The van der Waals surface area contributed by atoms with Crippen molar-refractivity contribution in [3.8, 4) is 0 Å². The maximum atomic E-state index is 12.2. The molecule has 0 aromatic carbocycles. The predicted molar refractivity (Wildman–Crippen MR) is 60.2 cm³/mol. The van der Waals surface area contributed by atoms with E-state index in [1.807, 2.05) is 0 Å². The molecule has 1 aliphatic carbocycles. The fraction of sp³-hybridized carbons (Fsp3) is 0.667. The van der Waals surface area contributed by atoms with Crippen LogP contribution in [0.15, 0.2) is 11.1 Å². The molecular formula is C9H16N4O2S. The van der Waals surface area contributed by atoms with Crippen molar-refractivity contribution in [3.05, 3.63) is 6.20 Å². The Morgan fingerprint density at radius 1 is 1.50 bits per heavy atom. The average molecular weight is 244 g/mol. The molecule has 0 unspecified atom stereocenters. The zero-order valence-electron chi connectivity index (χ0n) is 9.18. The first-order valence-corrected chi connectivity index (χ1v) is 6.74. The molecule has 1 aliphatic rings. The number of rotatable bonds is 3. The maximum absolute atomic E-state index is 12.2. The first-order valence-electron chi connectivity index (χ1n) is 5.30. The van der Waals surface area contributed by atoms with E-state index < -0.39 is 10.0 Å². The van der Waals surface area contributed by atoms with E-state index >= 15 is 0 Å². The van der Waals surface area contributed by atoms with Gasteiger partial charge in [0, 0.05) is 13.1 Å². The van der Waals surface area contributed by atoms with Crippen LogP contribution < -0.4 is 5.73 Å². The van der Waals surface area contributed by atoms with Crippen molar-refractivity contribution in [2.45, 2.75) is 36.6 Å². The summed E-state index contributed by atoms with van der Waals surface area (Å²) in [5, 5.41) is 6.08. The molecule has 0 spiro atoms. The van der Waals surface area contributed by atoms with Crippen LogP contribution in [-0.2, 0) is 10.0 Å². The normalized spacial score (nSPS) is 18.4. The number of nitrogens with one attached hydrogen (secondary N) is 1. The number of sulfonamides is 1. The van der Waals surface area contributed by atoms with Crippen molar-refractivity contribution in [3.63, 3.8) is 0 Å². The molecule has 90 valence electrons. The van der Waals surface area contributed by atoms with Crippen LogP contribution in [0.1, 0.15) is 25.7 Å². The summed E-state index contributed by atoms with van der Waals surface area (Å²) < 4.78 is 25.8. The molecule has 0 atom stereocenters. The number of nitrogens with two attached hydrogens (primary N) is 1. The first kappa shape index (κ1) is 11.4. The largest absolute Gasteiger partial charge is 0.383 e. The quantitative estimate of drug-likeness (QED) is 0.812. The Hall–Kier alpha value is -1.08. The Morgan fingerprint density at radius 3 is 2.62 bits per heavy atom. The number of hydrogen-bond acceptors (Lipinski definition) is 4. The molecular weight excluding hydrogens is 228 g/mol. The minimum Gasteiger partial charge on any atom is -0.383 e. The summed E-state index contributed by atoms with van der Waals surface area (Å²) >= 11 is 0. The molecule has 0 saturated heterocycles. The van der Waals surface area contributed by atoms with Crippen molar-refractivity contribution >= 4 is 15.8 Å². The van der Waals surface area contributed by atoms with E-state index in [1.54, 1.807) is 7.05 Å². The molecule has 1 aromatic rings. The second-order valence-electron chi connectivity index (χ2n) is 4.11. The molecule has 0 amide bonds. The molecule has 7 heteroatoms. The van der Waals surface area contributed by atoms with Crippen molar-refractivity contribution in [2.75, 3.05) is 12.8 Å². The Bertz CT molecular complexity index is 462. The van der Waals surface area contributed by atoms with Gasteiger partial charge in [0.1, 0.15) is 10.7 Å². The highest BCUT2D eigenvalue weighted by atomic mass is 32.2. The van der Waals surface area contributed by atoms with Crippen molar-refractivity contribution < 1.29 is 8.42 Å². The van der Waals surface area contributed by atoms with E-state index in [0.29, 0.717) is 0 Å². The zero-order valence-corrected chi connectivity index (χ0v) is 10.00. The van der Waals surface area contributed by atoms with Crippen LogP contribution in [0.3, 0.4) is 0 Å². The summed E-state index contributed by atoms with van der Waals surface area (Å²) in [5.41, 5.74) is 5.54. The summed E-state index contributed by atoms with van der Waals surface area (Å²) in [6, 6.07) is 0.0966. The molecule has 1 saturated carbocycles. The van der Waals surface area contributed by atoms with Gasteiger partial charge in [-0.1, -0.05) is 12.8 Å². The molecule has 3 N–H and O–H groups in total. The molecule has 2 rings (SSSR count). The van der Waals surface area contributed by atoms with Crippen molar-refractivity contribution in [1.29, 1.82) is 0 Å². The molecule has 1 aromatic heterocycles. The highest BCUT2D eigenvalue weighted by Crippen LogP contribution is 2.28. The third kappa shape index (κ3) is 1.80. The summed E-state index contributed by atoms with van der Waals surface area (Å²) in [5.74, 6) is 0.102. The maximum Gasteiger partial charge on any atom is 0.248 e. The molecule has 1 fully saturated rings. The lowest BCUT2D eigenvalue weighted by molar-refractivity contribution is 0.373. The Morgan fingerprint density at radius 2 is 2.12 bits per heavy atom. The SMILES string of the molecule is CN(C1CCCC1)S(=O)(=O)c1cn[nH]c1N. The fourth-order valence-electron chi connectivity index (χ4n) is 2.11. The van der Waals surface area contributed by atoms with Gasteiger partial charge >= 0.3 is 0 Å². The van der Waals surface area contributed by atoms with E-state index in [1.165, 1.54) is 10.5 Å². The summed E-state index contributed by atoms with van der Waals surface area (Å²) in [7, 11) is -1.89. The smallest absolute Gasteiger partial charge is 0.248 e. The summed E-state index contributed by atoms with van der Waals surface area (Å²) in [6.45, 7) is 0. The second kappa shape index (κ2) is 4.06. The molecule has 16 heavy (non-hydrogen) atoms. The minimum atomic E-state index is -3.50. The van der Waals surface area contributed by atoms with Gasteiger partial charge in [-0.15, -0.1) is 0 Å². The van der Waals surface area contributed by atoms with E-state index in [9.17, 15) is 8.42 Å². The van der Waals surface area contributed by atoms with Gasteiger partial charge in [0.25, 0.3) is 0 Å². The molecule has 0 radical (unpaired) electrons. The highest BCUT2D eigenvalue weighted by molar-refractivity contribution is 7.89. The average Bonchev–Trinajstić information content (AvgIpc) is 2.86. The lowest BCUT2D eigenvalue weighted by Gasteiger charge is -2.22. The van der Waals surface area contributed by atoms with Crippen LogP contribution in [0.5, 0.6) is 0 Å². The van der Waals surface area contributed by atoms with Gasteiger partial charge < -0.3 is 5.73 Å². The van der Waals surface area contributed by atoms with Crippen LogP contribution in [0.4, 0.5) is 5.82 Å². The number of nitrogen functional groups attached to an aromatic ring is 1. The van der Waals surface area contributed by atoms with E-state index in [0.717, 1.165) is 25.7 Å². The number of aromatic nitrogens is 2. The molecule has 1 heterocycles. The van der Waals surface area contributed by atoms with Crippen LogP contribution in [0, 0.1) is 0 Å². The topological polar surface area (TPSA) is 92.1 Å². The summed E-state index contributed by atoms with van der Waals surface area (Å²) in [6.07, 6.45) is 5.29. The van der Waals surface area contributed by atoms with Gasteiger partial charge in [-0.25, -0.2) is 8.42 Å². The van der Waals surface area contributed by atoms with Crippen molar-refractivity contribution in [2.24, 2.45) is 0 Å². The molecule has 0 bridgehead atoms. The Labute approximate surface area is 94.9 Å². The van der Waals surface area contributed by atoms with Crippen LogP contribution in [0.25, 0.3) is 0 Å². The van der Waals surface area contributed by atoms with Gasteiger partial charge in [-0.2, -0.15) is 9.40 Å². The second-order valence-corrected chi connectivity index (χ2v) is 6.07. The first-order chi connectivity index (χ1) is 7.53. The monoisotopic (exact) mass is 244 g/mol. The third-order valence-corrected chi connectivity index (χ3v) is 5.07. The lowest BCUT2D eigenvalue weighted by atomic mass is 10.3. The van der Waals surface area contributed by atoms with Gasteiger partial charge in [0.2, 0.25) is 10.0 Å². The van der Waals surface area contributed by atoms with E-state index in [2.05, 4.69) is 10.2 Å². The number of aromatic amines is 1. The van der Waals surface area contributed by atoms with Gasteiger partial charge in [-0.3, -0.25) is 5.10 Å². The standard InChI is InChI=1S/C9H16N4O2S/c1-13(7-4-2-3-5-7)16(14,15)8-6-11-12-9(8)10/h6-7H,2-5H2,1H3,(H3,10,11,12). The van der Waals surface area contributed by atoms with Gasteiger partial charge in [-0.05, 0) is 12.8 Å². The zero-order chi connectivity index (χ0) is 11.8. The Kier molecular flexibility index (Phi) is 2.90. The highest BCUT2D eigenvalue weighted by Gasteiger charge is 2.31. The van der Waals surface area contributed by atoms with E-state index in [-0.39, 0.29) is 16.8 Å². The third-order valence-electron chi connectivity index (χ3n) is 3.13. The fourth-order valence-corrected chi connectivity index (χ4v) is 3.53. The van der Waals surface area contributed by atoms with Crippen LogP contribution in [0.2, 0.25) is 0 Å². The minimum absolute atomic E-state index is 0.0712. The van der Waals surface area contributed by atoms with E-state index in [4.69, 9.17) is 5.73 Å². The molecule has 0 aliphatic heterocycles. The predicted octanol–water partition coefficient (Wildman–Crippen LogP) is 0.555.